The van der Waals surface area contributed by atoms with Crippen molar-refractivity contribution in [3.8, 4) is 0 Å². The number of hydrogen-bond acceptors (Lipinski definition) is 3. The maximum atomic E-state index is 10.9. The molecule has 148 valence electrons. The zero-order valence-electron chi connectivity index (χ0n) is 16.5. The molecule has 3 rings (SSSR count). The molecule has 0 bridgehead atoms. The zero-order chi connectivity index (χ0) is 18.7. The highest BCUT2D eigenvalue weighted by atomic mass is 127. The Hall–Kier alpha value is -1.54. The highest BCUT2D eigenvalue weighted by Gasteiger charge is 2.39. The van der Waals surface area contributed by atoms with E-state index < -0.39 is 5.60 Å². The van der Waals surface area contributed by atoms with E-state index in [0.29, 0.717) is 12.0 Å². The quantitative estimate of drug-likeness (QED) is 0.332. The van der Waals surface area contributed by atoms with Gasteiger partial charge in [0, 0.05) is 24.1 Å². The minimum atomic E-state index is -1.06. The Morgan fingerprint density at radius 3 is 2.59 bits per heavy atom. The fraction of sp³-hybridized carbons (Fsp3) is 0.476. The van der Waals surface area contributed by atoms with Crippen LogP contribution in [0.25, 0.3) is 0 Å². The summed E-state index contributed by atoms with van der Waals surface area (Å²) in [6.45, 7) is 8.63. The lowest BCUT2D eigenvalue weighted by Crippen LogP contribution is -2.40. The first-order chi connectivity index (χ1) is 12.4. The highest BCUT2D eigenvalue weighted by molar-refractivity contribution is 14.0. The molecule has 1 aliphatic carbocycles. The van der Waals surface area contributed by atoms with Crippen LogP contribution in [-0.2, 0) is 5.60 Å². The van der Waals surface area contributed by atoms with E-state index in [1.54, 1.807) is 6.92 Å². The van der Waals surface area contributed by atoms with Gasteiger partial charge in [-0.1, -0.05) is 30.3 Å². The van der Waals surface area contributed by atoms with E-state index in [1.165, 1.54) is 5.56 Å². The maximum Gasteiger partial charge on any atom is 0.191 e. The molecule has 1 fully saturated rings. The number of halogens is 1. The topological polar surface area (TPSA) is 69.8 Å². The van der Waals surface area contributed by atoms with E-state index in [9.17, 15) is 5.11 Å². The lowest BCUT2D eigenvalue weighted by atomic mass is 9.96. The molecule has 0 saturated heterocycles. The van der Waals surface area contributed by atoms with E-state index in [2.05, 4.69) is 39.9 Å². The SMILES string of the molecule is CCNC(=NCC(C)(O)c1cc(C)oc1C)NC1CC1c1ccccc1.I. The average Bonchev–Trinajstić information content (AvgIpc) is 3.29. The van der Waals surface area contributed by atoms with Gasteiger partial charge in [-0.3, -0.25) is 0 Å². The molecule has 1 aliphatic rings. The number of hydrogen-bond donors (Lipinski definition) is 3. The van der Waals surface area contributed by atoms with Gasteiger partial charge in [-0.05, 0) is 45.7 Å². The molecule has 1 aromatic carbocycles. The second-order valence-electron chi connectivity index (χ2n) is 7.30. The van der Waals surface area contributed by atoms with Crippen molar-refractivity contribution < 1.29 is 9.52 Å². The van der Waals surface area contributed by atoms with Crippen LogP contribution in [0.1, 0.15) is 48.8 Å². The summed E-state index contributed by atoms with van der Waals surface area (Å²) in [6, 6.07) is 12.8. The van der Waals surface area contributed by atoms with E-state index in [0.717, 1.165) is 36.0 Å². The molecule has 1 heterocycles. The minimum Gasteiger partial charge on any atom is -0.466 e. The fourth-order valence-corrected chi connectivity index (χ4v) is 3.40. The molecule has 3 N–H and O–H groups in total. The molecule has 2 aromatic rings. The second-order valence-corrected chi connectivity index (χ2v) is 7.30. The second kappa shape index (κ2) is 9.10. The summed E-state index contributed by atoms with van der Waals surface area (Å²) in [5, 5.41) is 17.6. The van der Waals surface area contributed by atoms with Crippen LogP contribution < -0.4 is 10.6 Å². The number of guanidine groups is 1. The number of rotatable bonds is 6. The lowest BCUT2D eigenvalue weighted by Gasteiger charge is -2.21. The molecule has 3 unspecified atom stereocenters. The average molecular weight is 483 g/mol. The number of aliphatic hydroxyl groups is 1. The lowest BCUT2D eigenvalue weighted by molar-refractivity contribution is 0.0657. The van der Waals surface area contributed by atoms with E-state index in [-0.39, 0.29) is 30.5 Å². The summed E-state index contributed by atoms with van der Waals surface area (Å²) in [5.41, 5.74) is 1.09. The van der Waals surface area contributed by atoms with Gasteiger partial charge >= 0.3 is 0 Å². The van der Waals surface area contributed by atoms with Crippen molar-refractivity contribution in [3.63, 3.8) is 0 Å². The number of nitrogens with zero attached hydrogens (tertiary/aromatic N) is 1. The standard InChI is InChI=1S/C21H29N3O2.HI/c1-5-22-20(24-19-12-17(19)16-9-7-6-8-10-16)23-13-21(4,25)18-11-14(2)26-15(18)3;/h6-11,17,19,25H,5,12-13H2,1-4H3,(H2,22,23,24);1H. The molecule has 27 heavy (non-hydrogen) atoms. The third-order valence-electron chi connectivity index (χ3n) is 4.85. The first kappa shape index (κ1) is 21.8. The van der Waals surface area contributed by atoms with Gasteiger partial charge in [-0.15, -0.1) is 24.0 Å². The Morgan fingerprint density at radius 1 is 1.30 bits per heavy atom. The minimum absolute atomic E-state index is 0. The molecular formula is C21H30IN3O2. The van der Waals surface area contributed by atoms with Crippen molar-refractivity contribution in [3.05, 3.63) is 59.0 Å². The van der Waals surface area contributed by atoms with Crippen molar-refractivity contribution >= 4 is 29.9 Å². The van der Waals surface area contributed by atoms with Crippen LogP contribution in [0.5, 0.6) is 0 Å². The van der Waals surface area contributed by atoms with Gasteiger partial charge in [0.1, 0.15) is 17.1 Å². The summed E-state index contributed by atoms with van der Waals surface area (Å²) in [4.78, 5) is 4.62. The van der Waals surface area contributed by atoms with Gasteiger partial charge < -0.3 is 20.2 Å². The molecule has 0 amide bonds. The molecule has 3 atom stereocenters. The number of furan rings is 1. The Morgan fingerprint density at radius 2 is 2.00 bits per heavy atom. The van der Waals surface area contributed by atoms with Gasteiger partial charge in [-0.2, -0.15) is 0 Å². The van der Waals surface area contributed by atoms with Gasteiger partial charge in [0.25, 0.3) is 0 Å². The molecular weight excluding hydrogens is 453 g/mol. The summed E-state index contributed by atoms with van der Waals surface area (Å²) < 4.78 is 5.55. The highest BCUT2D eigenvalue weighted by Crippen LogP contribution is 2.40. The van der Waals surface area contributed by atoms with Crippen molar-refractivity contribution in [1.82, 2.24) is 10.6 Å². The van der Waals surface area contributed by atoms with E-state index >= 15 is 0 Å². The number of nitrogens with one attached hydrogen (secondary N) is 2. The van der Waals surface area contributed by atoms with E-state index in [1.807, 2.05) is 32.9 Å². The van der Waals surface area contributed by atoms with Gasteiger partial charge in [0.2, 0.25) is 0 Å². The third kappa shape index (κ3) is 5.48. The summed E-state index contributed by atoms with van der Waals surface area (Å²) in [5.74, 6) is 2.82. The summed E-state index contributed by atoms with van der Waals surface area (Å²) in [6.07, 6.45) is 1.10. The Labute approximate surface area is 178 Å². The predicted molar refractivity (Wildman–Crippen MR) is 120 cm³/mol. The molecule has 0 spiro atoms. The smallest absolute Gasteiger partial charge is 0.191 e. The summed E-state index contributed by atoms with van der Waals surface area (Å²) >= 11 is 0. The van der Waals surface area contributed by atoms with Crippen LogP contribution in [0.15, 0.2) is 45.8 Å². The molecule has 6 heteroatoms. The van der Waals surface area contributed by atoms with Crippen molar-refractivity contribution in [1.29, 1.82) is 0 Å². The Balaban J connectivity index is 0.00000261. The molecule has 1 saturated carbocycles. The number of benzene rings is 1. The molecule has 0 radical (unpaired) electrons. The van der Waals surface area contributed by atoms with Crippen LogP contribution >= 0.6 is 24.0 Å². The van der Waals surface area contributed by atoms with Crippen LogP contribution in [0.4, 0.5) is 0 Å². The summed E-state index contributed by atoms with van der Waals surface area (Å²) in [7, 11) is 0. The van der Waals surface area contributed by atoms with Crippen LogP contribution in [-0.4, -0.2) is 30.2 Å². The first-order valence-electron chi connectivity index (χ1n) is 9.30. The molecule has 0 aliphatic heterocycles. The Kier molecular flexibility index (Phi) is 7.33. The maximum absolute atomic E-state index is 10.9. The van der Waals surface area contributed by atoms with Gasteiger partial charge in [0.15, 0.2) is 5.96 Å². The third-order valence-corrected chi connectivity index (χ3v) is 4.85. The van der Waals surface area contributed by atoms with E-state index in [4.69, 9.17) is 4.42 Å². The number of aliphatic imine (C=N–C) groups is 1. The van der Waals surface area contributed by atoms with Gasteiger partial charge in [-0.25, -0.2) is 4.99 Å². The van der Waals surface area contributed by atoms with Crippen LogP contribution in [0.3, 0.4) is 0 Å². The van der Waals surface area contributed by atoms with Crippen LogP contribution in [0.2, 0.25) is 0 Å². The zero-order valence-corrected chi connectivity index (χ0v) is 18.8. The predicted octanol–water partition coefficient (Wildman–Crippen LogP) is 3.83. The van der Waals surface area contributed by atoms with Crippen molar-refractivity contribution in [2.45, 2.75) is 51.7 Å². The monoisotopic (exact) mass is 483 g/mol. The van der Waals surface area contributed by atoms with Crippen LogP contribution in [0, 0.1) is 13.8 Å². The Bertz CT molecular complexity index is 771. The van der Waals surface area contributed by atoms with Gasteiger partial charge in [0.05, 0.1) is 6.54 Å². The normalized spacial score (nSPS) is 21.1. The largest absolute Gasteiger partial charge is 0.466 e. The fourth-order valence-electron chi connectivity index (χ4n) is 3.40. The molecule has 5 nitrogen and oxygen atoms in total. The van der Waals surface area contributed by atoms with Crippen molar-refractivity contribution in [2.75, 3.05) is 13.1 Å². The van der Waals surface area contributed by atoms with Crippen molar-refractivity contribution in [2.24, 2.45) is 4.99 Å². The first-order valence-corrected chi connectivity index (χ1v) is 9.30. The number of aryl methyl sites for hydroxylation is 2. The molecule has 1 aromatic heterocycles.